The van der Waals surface area contributed by atoms with Gasteiger partial charge in [0.2, 0.25) is 0 Å². The van der Waals surface area contributed by atoms with Crippen molar-refractivity contribution in [2.45, 2.75) is 32.2 Å². The molecule has 6 heteroatoms. The van der Waals surface area contributed by atoms with Crippen molar-refractivity contribution >= 4 is 22.7 Å². The fourth-order valence-corrected chi connectivity index (χ4v) is 3.90. The van der Waals surface area contributed by atoms with Crippen LogP contribution in [0.2, 0.25) is 0 Å². The highest BCUT2D eigenvalue weighted by molar-refractivity contribution is 5.95. The van der Waals surface area contributed by atoms with Crippen LogP contribution in [0.15, 0.2) is 65.7 Å². The molecule has 4 rings (SSSR count). The smallest absolute Gasteiger partial charge is 0.270 e. The van der Waals surface area contributed by atoms with Crippen LogP contribution in [0.25, 0.3) is 11.1 Å². The van der Waals surface area contributed by atoms with Gasteiger partial charge in [-0.1, -0.05) is 24.8 Å². The molecule has 0 saturated carbocycles. The lowest BCUT2D eigenvalue weighted by Gasteiger charge is -2.23. The number of pyridine rings is 1. The number of hydrogen-bond acceptors (Lipinski definition) is 5. The Kier molecular flexibility index (Phi) is 6.71. The van der Waals surface area contributed by atoms with Crippen LogP contribution in [0.3, 0.4) is 0 Å². The van der Waals surface area contributed by atoms with Gasteiger partial charge in [0.05, 0.1) is 0 Å². The fourth-order valence-electron chi connectivity index (χ4n) is 3.90. The average Bonchev–Trinajstić information content (AvgIpc) is 3.19. The first-order valence-electron chi connectivity index (χ1n) is 10.9. The first kappa shape index (κ1) is 21.8. The number of hydrogen-bond donors (Lipinski definition) is 1. The number of fused-ring (bicyclic) bond motifs is 1. The minimum absolute atomic E-state index is 0.128. The number of carbonyl (C=O) groups excluding carboxylic acids is 1. The van der Waals surface area contributed by atoms with Gasteiger partial charge in [-0.05, 0) is 49.6 Å². The molecule has 1 aliphatic rings. The molecule has 166 valence electrons. The second-order valence-electron chi connectivity index (χ2n) is 8.13. The maximum atomic E-state index is 12.9. The van der Waals surface area contributed by atoms with Gasteiger partial charge < -0.3 is 19.4 Å². The number of ether oxygens (including phenoxy) is 1. The molecule has 0 atom stereocenters. The summed E-state index contributed by atoms with van der Waals surface area (Å²) in [5.41, 5.74) is 5.03. The lowest BCUT2D eigenvalue weighted by Crippen LogP contribution is -2.39. The van der Waals surface area contributed by atoms with E-state index in [-0.39, 0.29) is 11.9 Å². The van der Waals surface area contributed by atoms with E-state index in [1.165, 1.54) is 0 Å². The maximum Gasteiger partial charge on any atom is 0.270 e. The predicted molar refractivity (Wildman–Crippen MR) is 127 cm³/mol. The van der Waals surface area contributed by atoms with E-state index in [0.717, 1.165) is 41.0 Å². The van der Waals surface area contributed by atoms with E-state index < -0.39 is 0 Å². The van der Waals surface area contributed by atoms with E-state index in [1.807, 2.05) is 43.3 Å². The average molecular weight is 432 g/mol. The summed E-state index contributed by atoms with van der Waals surface area (Å²) < 4.78 is 11.3. The number of amides is 1. The van der Waals surface area contributed by atoms with Gasteiger partial charge in [0, 0.05) is 56.2 Å². The Hall–Kier alpha value is -3.38. The van der Waals surface area contributed by atoms with Crippen LogP contribution >= 0.6 is 0 Å². The molecule has 3 heterocycles. The summed E-state index contributed by atoms with van der Waals surface area (Å²) in [6, 6.07) is 12.2. The molecule has 1 fully saturated rings. The summed E-state index contributed by atoms with van der Waals surface area (Å²) >= 11 is 0. The first-order chi connectivity index (χ1) is 15.5. The molecule has 0 aliphatic carbocycles. The first-order valence-corrected chi connectivity index (χ1v) is 10.9. The minimum Gasteiger partial charge on any atom is -0.459 e. The standard InChI is InChI=1S/C26H29N3O3/c1-4-5-12-29(3)22-8-6-19(7-9-22)16-20-17-24(28-23-15-18(2)32-25(20)23)26(30)27-21-10-13-31-14-11-21/h4-9,12,15,17,21H,1,10-11,13-14,16H2,2-3H3,(H,27,30)/b12-5-. The van der Waals surface area contributed by atoms with E-state index in [1.54, 1.807) is 6.08 Å². The molecule has 1 aromatic carbocycles. The number of anilines is 1. The number of nitrogens with zero attached hydrogens (tertiary/aromatic N) is 2. The van der Waals surface area contributed by atoms with Crippen LogP contribution < -0.4 is 10.2 Å². The quantitative estimate of drug-likeness (QED) is 0.546. The topological polar surface area (TPSA) is 67.6 Å². The van der Waals surface area contributed by atoms with Gasteiger partial charge in [-0.3, -0.25) is 4.79 Å². The van der Waals surface area contributed by atoms with Crippen molar-refractivity contribution in [2.24, 2.45) is 0 Å². The molecule has 1 saturated heterocycles. The van der Waals surface area contributed by atoms with Crippen LogP contribution in [0.5, 0.6) is 0 Å². The maximum absolute atomic E-state index is 12.9. The highest BCUT2D eigenvalue weighted by Gasteiger charge is 2.20. The predicted octanol–water partition coefficient (Wildman–Crippen LogP) is 4.77. The van der Waals surface area contributed by atoms with E-state index in [4.69, 9.17) is 9.15 Å². The Morgan fingerprint density at radius 3 is 2.72 bits per heavy atom. The largest absolute Gasteiger partial charge is 0.459 e. The molecule has 1 amide bonds. The number of carbonyl (C=O) groups is 1. The summed E-state index contributed by atoms with van der Waals surface area (Å²) in [5, 5.41) is 3.10. The van der Waals surface area contributed by atoms with Crippen molar-refractivity contribution in [3.05, 3.63) is 83.9 Å². The van der Waals surface area contributed by atoms with Gasteiger partial charge in [0.15, 0.2) is 5.58 Å². The zero-order valence-corrected chi connectivity index (χ0v) is 18.6. The summed E-state index contributed by atoms with van der Waals surface area (Å²) in [7, 11) is 2.00. The molecule has 32 heavy (non-hydrogen) atoms. The molecule has 1 aliphatic heterocycles. The van der Waals surface area contributed by atoms with Gasteiger partial charge >= 0.3 is 0 Å². The Morgan fingerprint density at radius 2 is 2.00 bits per heavy atom. The minimum atomic E-state index is -0.148. The number of rotatable bonds is 7. The zero-order valence-electron chi connectivity index (χ0n) is 18.6. The second-order valence-corrected chi connectivity index (χ2v) is 8.13. The van der Waals surface area contributed by atoms with Crippen LogP contribution in [0.4, 0.5) is 5.69 Å². The monoisotopic (exact) mass is 431 g/mol. The third-order valence-electron chi connectivity index (χ3n) is 5.65. The molecule has 0 bridgehead atoms. The van der Waals surface area contributed by atoms with Gasteiger partial charge in [0.1, 0.15) is 17.0 Å². The number of nitrogens with one attached hydrogen (secondary N) is 1. The van der Waals surface area contributed by atoms with Crippen molar-refractivity contribution in [1.82, 2.24) is 10.3 Å². The van der Waals surface area contributed by atoms with Crippen LogP contribution in [0.1, 0.15) is 40.2 Å². The SMILES string of the molecule is C=C/C=C\N(C)c1ccc(Cc2cc(C(=O)NC3CCOCC3)nc3cc(C)oc23)cc1. The zero-order chi connectivity index (χ0) is 22.5. The molecule has 1 N–H and O–H groups in total. The van der Waals surface area contributed by atoms with Gasteiger partial charge in [0.25, 0.3) is 5.91 Å². The molecule has 0 unspecified atom stereocenters. The van der Waals surface area contributed by atoms with Gasteiger partial charge in [-0.25, -0.2) is 4.98 Å². The van der Waals surface area contributed by atoms with Crippen LogP contribution in [0, 0.1) is 6.92 Å². The molecule has 2 aromatic heterocycles. The highest BCUT2D eigenvalue weighted by Crippen LogP contribution is 2.26. The van der Waals surface area contributed by atoms with E-state index in [0.29, 0.717) is 30.8 Å². The van der Waals surface area contributed by atoms with Crippen molar-refractivity contribution in [2.75, 3.05) is 25.2 Å². The van der Waals surface area contributed by atoms with E-state index >= 15 is 0 Å². The summed E-state index contributed by atoms with van der Waals surface area (Å²) in [4.78, 5) is 19.5. The Labute approximate surface area is 188 Å². The van der Waals surface area contributed by atoms with Crippen molar-refractivity contribution in [1.29, 1.82) is 0 Å². The highest BCUT2D eigenvalue weighted by atomic mass is 16.5. The number of aromatic nitrogens is 1. The molecule has 6 nitrogen and oxygen atoms in total. The third-order valence-corrected chi connectivity index (χ3v) is 5.65. The number of benzene rings is 1. The third kappa shape index (κ3) is 5.08. The van der Waals surface area contributed by atoms with Crippen molar-refractivity contribution in [3.63, 3.8) is 0 Å². The van der Waals surface area contributed by atoms with E-state index in [9.17, 15) is 4.79 Å². The summed E-state index contributed by atoms with van der Waals surface area (Å²) in [6.07, 6.45) is 7.91. The number of aryl methyl sites for hydroxylation is 1. The Bertz CT molecular complexity index is 1130. The molecule has 0 spiro atoms. The van der Waals surface area contributed by atoms with Gasteiger partial charge in [-0.15, -0.1) is 0 Å². The lowest BCUT2D eigenvalue weighted by atomic mass is 10.0. The summed E-state index contributed by atoms with van der Waals surface area (Å²) in [6.45, 7) is 6.96. The fraction of sp³-hybridized carbons (Fsp3) is 0.308. The molecular weight excluding hydrogens is 402 g/mol. The van der Waals surface area contributed by atoms with E-state index in [2.05, 4.69) is 41.1 Å². The van der Waals surface area contributed by atoms with Gasteiger partial charge in [-0.2, -0.15) is 0 Å². The molecule has 0 radical (unpaired) electrons. The molecule has 3 aromatic rings. The number of allylic oxidation sites excluding steroid dienone is 2. The lowest BCUT2D eigenvalue weighted by molar-refractivity contribution is 0.0694. The normalized spacial score (nSPS) is 14.7. The Morgan fingerprint density at radius 1 is 1.25 bits per heavy atom. The summed E-state index contributed by atoms with van der Waals surface area (Å²) in [5.74, 6) is 0.631. The van der Waals surface area contributed by atoms with Crippen LogP contribution in [-0.2, 0) is 11.2 Å². The van der Waals surface area contributed by atoms with Crippen molar-refractivity contribution in [3.8, 4) is 0 Å². The second kappa shape index (κ2) is 9.83. The molecular formula is C26H29N3O3. The Balaban J connectivity index is 1.58. The number of furan rings is 1. The van der Waals surface area contributed by atoms with Crippen LogP contribution in [-0.4, -0.2) is 37.2 Å². The van der Waals surface area contributed by atoms with Crippen molar-refractivity contribution < 1.29 is 13.9 Å².